The van der Waals surface area contributed by atoms with Crippen LogP contribution in [-0.4, -0.2) is 79.4 Å². The fraction of sp³-hybridized carbons (Fsp3) is 0.372. The Balaban J connectivity index is 1.09. The van der Waals surface area contributed by atoms with Gasteiger partial charge in [-0.2, -0.15) is 0 Å². The number of thiophene rings is 1. The van der Waals surface area contributed by atoms with Gasteiger partial charge in [0.15, 0.2) is 0 Å². The first-order valence-electron chi connectivity index (χ1n) is 18.9. The Labute approximate surface area is 326 Å². The molecule has 11 nitrogen and oxygen atoms in total. The van der Waals surface area contributed by atoms with Gasteiger partial charge in [0.2, 0.25) is 0 Å². The van der Waals surface area contributed by atoms with Gasteiger partial charge in [0.05, 0.1) is 24.8 Å². The van der Waals surface area contributed by atoms with Gasteiger partial charge < -0.3 is 25.0 Å². The summed E-state index contributed by atoms with van der Waals surface area (Å²) in [6.07, 6.45) is 7.43. The maximum atomic E-state index is 13.9. The van der Waals surface area contributed by atoms with Crippen LogP contribution in [0, 0.1) is 0 Å². The van der Waals surface area contributed by atoms with E-state index in [2.05, 4.69) is 15.5 Å². The fourth-order valence-electron chi connectivity index (χ4n) is 6.84. The first-order chi connectivity index (χ1) is 26.6. The van der Waals surface area contributed by atoms with Crippen LogP contribution >= 0.6 is 11.3 Å². The van der Waals surface area contributed by atoms with E-state index in [1.54, 1.807) is 32.2 Å². The van der Waals surface area contributed by atoms with Crippen molar-refractivity contribution < 1.29 is 33.4 Å². The number of anilines is 2. The molecule has 2 aliphatic carbocycles. The average molecular weight is 765 g/mol. The summed E-state index contributed by atoms with van der Waals surface area (Å²) < 4.78 is 9.63. The highest BCUT2D eigenvalue weighted by atomic mass is 32.1. The Kier molecular flexibility index (Phi) is 13.1. The molecule has 6 rings (SSSR count). The molecule has 0 saturated heterocycles. The highest BCUT2D eigenvalue weighted by Crippen LogP contribution is 2.39. The number of benzene rings is 3. The lowest BCUT2D eigenvalue weighted by molar-refractivity contribution is -0.159. The number of ether oxygens (including phenoxy) is 2. The van der Waals surface area contributed by atoms with Crippen LogP contribution in [0.1, 0.15) is 90.8 Å². The van der Waals surface area contributed by atoms with Crippen molar-refractivity contribution >= 4 is 51.7 Å². The molecule has 55 heavy (non-hydrogen) atoms. The molecule has 0 bridgehead atoms. The SMILES string of the molecule is CCOC(=O)C(=O)N(C)CCN(Cc1cccc(C(=O)Nc2sc3c(c2C(=O)Nc2ccc(CCc4ccc(C(=O)OC)cc4)cc2)CCCC3)c1)C1CC1. The molecular formula is C43H48N4O7S. The largest absolute Gasteiger partial charge is 0.465 e. The highest BCUT2D eigenvalue weighted by Gasteiger charge is 2.31. The average Bonchev–Trinajstić information content (AvgIpc) is 3.99. The Hall–Kier alpha value is -5.33. The van der Waals surface area contributed by atoms with Crippen molar-refractivity contribution in [1.82, 2.24) is 9.80 Å². The lowest BCUT2D eigenvalue weighted by atomic mass is 9.95. The zero-order chi connectivity index (χ0) is 38.9. The second-order valence-electron chi connectivity index (χ2n) is 14.1. The Morgan fingerprint density at radius 3 is 2.16 bits per heavy atom. The summed E-state index contributed by atoms with van der Waals surface area (Å²) in [6.45, 7) is 3.37. The molecule has 1 heterocycles. The molecule has 1 fully saturated rings. The smallest absolute Gasteiger partial charge is 0.396 e. The fourth-order valence-corrected chi connectivity index (χ4v) is 8.12. The van der Waals surface area contributed by atoms with E-state index in [0.29, 0.717) is 53.1 Å². The molecule has 288 valence electrons. The van der Waals surface area contributed by atoms with E-state index in [4.69, 9.17) is 9.47 Å². The number of likely N-dealkylation sites (N-methyl/N-ethyl adjacent to an activating group) is 1. The highest BCUT2D eigenvalue weighted by molar-refractivity contribution is 7.17. The number of fused-ring (bicyclic) bond motifs is 1. The summed E-state index contributed by atoms with van der Waals surface area (Å²) >= 11 is 1.49. The van der Waals surface area contributed by atoms with Crippen molar-refractivity contribution in [3.63, 3.8) is 0 Å². The third-order valence-electron chi connectivity index (χ3n) is 10.1. The van der Waals surface area contributed by atoms with Gasteiger partial charge in [-0.05, 0) is 117 Å². The van der Waals surface area contributed by atoms with Crippen LogP contribution in [0.3, 0.4) is 0 Å². The van der Waals surface area contributed by atoms with Crippen LogP contribution in [0.15, 0.2) is 72.8 Å². The van der Waals surface area contributed by atoms with E-state index in [-0.39, 0.29) is 24.4 Å². The maximum Gasteiger partial charge on any atom is 0.396 e. The van der Waals surface area contributed by atoms with Crippen molar-refractivity contribution in [2.75, 3.05) is 44.5 Å². The van der Waals surface area contributed by atoms with Gasteiger partial charge in [-0.25, -0.2) is 9.59 Å². The van der Waals surface area contributed by atoms with Crippen molar-refractivity contribution in [3.8, 4) is 0 Å². The molecule has 3 amide bonds. The molecule has 0 atom stereocenters. The lowest BCUT2D eigenvalue weighted by Crippen LogP contribution is -2.40. The monoisotopic (exact) mass is 764 g/mol. The quantitative estimate of drug-likeness (QED) is 0.101. The molecule has 0 radical (unpaired) electrons. The predicted molar refractivity (Wildman–Crippen MR) is 213 cm³/mol. The zero-order valence-electron chi connectivity index (χ0n) is 31.7. The first kappa shape index (κ1) is 39.4. The van der Waals surface area contributed by atoms with Gasteiger partial charge in [-0.3, -0.25) is 19.3 Å². The Morgan fingerprint density at radius 1 is 0.800 bits per heavy atom. The van der Waals surface area contributed by atoms with E-state index in [1.165, 1.54) is 23.3 Å². The van der Waals surface area contributed by atoms with Crippen molar-refractivity contribution in [3.05, 3.63) is 117 Å². The molecule has 4 aromatic rings. The zero-order valence-corrected chi connectivity index (χ0v) is 32.5. The number of hydrogen-bond acceptors (Lipinski definition) is 9. The topological polar surface area (TPSA) is 134 Å². The Morgan fingerprint density at radius 2 is 1.49 bits per heavy atom. The van der Waals surface area contributed by atoms with E-state index in [1.807, 2.05) is 54.6 Å². The van der Waals surface area contributed by atoms with Crippen LogP contribution < -0.4 is 10.6 Å². The normalized spacial score (nSPS) is 13.5. The maximum absolute atomic E-state index is 13.9. The number of rotatable bonds is 15. The minimum Gasteiger partial charge on any atom is -0.465 e. The number of carbonyl (C=O) groups excluding carboxylic acids is 5. The number of hydrogen-bond donors (Lipinski definition) is 2. The number of methoxy groups -OCH3 is 1. The van der Waals surface area contributed by atoms with Gasteiger partial charge in [0, 0.05) is 48.9 Å². The third-order valence-corrected chi connectivity index (χ3v) is 11.3. The van der Waals surface area contributed by atoms with E-state index < -0.39 is 11.9 Å². The molecule has 2 aliphatic rings. The predicted octanol–water partition coefficient (Wildman–Crippen LogP) is 6.69. The molecule has 0 aliphatic heterocycles. The summed E-state index contributed by atoms with van der Waals surface area (Å²) in [5, 5.41) is 6.72. The second kappa shape index (κ2) is 18.3. The number of nitrogens with zero attached hydrogens (tertiary/aromatic N) is 2. The van der Waals surface area contributed by atoms with Gasteiger partial charge >= 0.3 is 17.8 Å². The van der Waals surface area contributed by atoms with Crippen LogP contribution in [0.2, 0.25) is 0 Å². The number of esters is 2. The molecule has 0 unspecified atom stereocenters. The van der Waals surface area contributed by atoms with Gasteiger partial charge in [-0.15, -0.1) is 11.3 Å². The molecule has 2 N–H and O–H groups in total. The second-order valence-corrected chi connectivity index (χ2v) is 15.2. The van der Waals surface area contributed by atoms with E-state index in [9.17, 15) is 24.0 Å². The summed E-state index contributed by atoms with van der Waals surface area (Å²) in [4.78, 5) is 68.4. The number of aryl methyl sites for hydroxylation is 3. The minimum absolute atomic E-state index is 0.149. The van der Waals surface area contributed by atoms with Gasteiger partial charge in [0.1, 0.15) is 5.00 Å². The van der Waals surface area contributed by atoms with Crippen LogP contribution in [0.25, 0.3) is 0 Å². The molecule has 1 saturated carbocycles. The van der Waals surface area contributed by atoms with Gasteiger partial charge in [0.25, 0.3) is 11.8 Å². The molecule has 3 aromatic carbocycles. The summed E-state index contributed by atoms with van der Waals surface area (Å²) in [7, 11) is 2.97. The molecular weight excluding hydrogens is 717 g/mol. The summed E-state index contributed by atoms with van der Waals surface area (Å²) in [5.74, 6) is -2.39. The van der Waals surface area contributed by atoms with Crippen molar-refractivity contribution in [1.29, 1.82) is 0 Å². The molecule has 12 heteroatoms. The van der Waals surface area contributed by atoms with Crippen LogP contribution in [0.4, 0.5) is 10.7 Å². The summed E-state index contributed by atoms with van der Waals surface area (Å²) in [5.41, 5.74) is 6.43. The molecule has 1 aromatic heterocycles. The van der Waals surface area contributed by atoms with Crippen LogP contribution in [-0.2, 0) is 51.3 Å². The third kappa shape index (κ3) is 10.3. The van der Waals surface area contributed by atoms with Crippen molar-refractivity contribution in [2.24, 2.45) is 0 Å². The number of carbonyl (C=O) groups is 5. The van der Waals surface area contributed by atoms with E-state index >= 15 is 0 Å². The molecule has 0 spiro atoms. The minimum atomic E-state index is -0.849. The number of nitrogens with one attached hydrogen (secondary N) is 2. The first-order valence-corrected chi connectivity index (χ1v) is 19.7. The van der Waals surface area contributed by atoms with Crippen molar-refractivity contribution in [2.45, 2.75) is 70.9 Å². The van der Waals surface area contributed by atoms with Crippen LogP contribution in [0.5, 0.6) is 0 Å². The lowest BCUT2D eigenvalue weighted by Gasteiger charge is -2.25. The number of amides is 3. The summed E-state index contributed by atoms with van der Waals surface area (Å²) in [6, 6.07) is 23.1. The van der Waals surface area contributed by atoms with Gasteiger partial charge in [-0.1, -0.05) is 36.4 Å². The Bertz CT molecular complexity index is 2020. The van der Waals surface area contributed by atoms with E-state index in [0.717, 1.165) is 78.5 Å². The standard InChI is InChI=1S/C43H48N4O7S/c1-4-54-43(52)41(50)46(2)24-25-47(34-22-23-34)27-30-8-7-9-32(26-30)38(48)45-40-37(35-10-5-6-11-36(35)55-40)39(49)44-33-20-16-29(17-21-33)13-12-28-14-18-31(19-15-28)42(51)53-3/h7-9,14-21,26,34H,4-6,10-13,22-25,27H2,1-3H3,(H,44,49)(H,45,48).